The Morgan fingerprint density at radius 1 is 1.36 bits per heavy atom. The van der Waals surface area contributed by atoms with Crippen molar-refractivity contribution in [1.82, 2.24) is 24.9 Å². The molecule has 0 spiro atoms. The summed E-state index contributed by atoms with van der Waals surface area (Å²) >= 11 is 0. The van der Waals surface area contributed by atoms with Crippen LogP contribution in [0.15, 0.2) is 18.3 Å². The highest BCUT2D eigenvalue weighted by Crippen LogP contribution is 2.27. The summed E-state index contributed by atoms with van der Waals surface area (Å²) in [5.74, 6) is 1.23. The van der Waals surface area contributed by atoms with Crippen LogP contribution in [0.5, 0.6) is 0 Å². The predicted octanol–water partition coefficient (Wildman–Crippen LogP) is 2.54. The largest absolute Gasteiger partial charge is 0.381 e. The summed E-state index contributed by atoms with van der Waals surface area (Å²) in [6.07, 6.45) is 4.60. The lowest BCUT2D eigenvalue weighted by Gasteiger charge is -2.32. The minimum atomic E-state index is -0.0460. The maximum Gasteiger partial charge on any atom is 0.231 e. The number of rotatable bonds is 6. The van der Waals surface area contributed by atoms with Gasteiger partial charge in [0, 0.05) is 38.0 Å². The van der Waals surface area contributed by atoms with Crippen molar-refractivity contribution in [1.29, 1.82) is 0 Å². The number of likely N-dealkylation sites (tertiary alicyclic amines) is 1. The minimum absolute atomic E-state index is 0.0388. The fourth-order valence-electron chi connectivity index (χ4n) is 3.99. The normalized spacial score (nSPS) is 21.5. The van der Waals surface area contributed by atoms with Crippen LogP contribution in [-0.4, -0.2) is 57.1 Å². The van der Waals surface area contributed by atoms with Gasteiger partial charge in [-0.15, -0.1) is 0 Å². The van der Waals surface area contributed by atoms with Crippen LogP contribution in [0.3, 0.4) is 0 Å². The lowest BCUT2D eigenvalue weighted by molar-refractivity contribution is -0.119. The van der Waals surface area contributed by atoms with E-state index in [1.54, 1.807) is 6.20 Å². The van der Waals surface area contributed by atoms with Gasteiger partial charge in [-0.05, 0) is 31.2 Å². The second kappa shape index (κ2) is 8.45. The standard InChI is InChI=1S/C20H30N6O2/c1-14(2)18-11-16(23-24-18)12-25-8-4-17(5-9-25)26-19(3-7-21-26)22-20(27)15-6-10-28-13-15/h3,7,11,14-15,17H,4-6,8-10,12-13H2,1-2H3,(H,22,27)(H,23,24)/t15-/m1/s1. The lowest BCUT2D eigenvalue weighted by Crippen LogP contribution is -2.35. The molecule has 2 aromatic heterocycles. The van der Waals surface area contributed by atoms with Gasteiger partial charge in [0.05, 0.1) is 30.5 Å². The van der Waals surface area contributed by atoms with Crippen molar-refractivity contribution in [3.05, 3.63) is 29.7 Å². The van der Waals surface area contributed by atoms with Gasteiger partial charge < -0.3 is 10.1 Å². The van der Waals surface area contributed by atoms with Gasteiger partial charge in [0.15, 0.2) is 0 Å². The van der Waals surface area contributed by atoms with Gasteiger partial charge in [-0.3, -0.25) is 14.8 Å². The zero-order chi connectivity index (χ0) is 19.5. The first kappa shape index (κ1) is 19.1. The summed E-state index contributed by atoms with van der Waals surface area (Å²) in [4.78, 5) is 14.9. The zero-order valence-corrected chi connectivity index (χ0v) is 16.7. The molecule has 1 atom stereocenters. The lowest BCUT2D eigenvalue weighted by atomic mass is 10.0. The molecule has 28 heavy (non-hydrogen) atoms. The quantitative estimate of drug-likeness (QED) is 0.797. The molecule has 2 aliphatic heterocycles. The molecule has 2 saturated heterocycles. The molecule has 2 aromatic rings. The van der Waals surface area contributed by atoms with Gasteiger partial charge in [0.25, 0.3) is 0 Å². The molecular formula is C20H30N6O2. The van der Waals surface area contributed by atoms with Crippen LogP contribution >= 0.6 is 0 Å². The number of nitrogens with one attached hydrogen (secondary N) is 2. The number of aromatic nitrogens is 4. The van der Waals surface area contributed by atoms with Crippen molar-refractivity contribution >= 4 is 11.7 Å². The smallest absolute Gasteiger partial charge is 0.231 e. The molecule has 2 aliphatic rings. The van der Waals surface area contributed by atoms with Crippen LogP contribution in [0.2, 0.25) is 0 Å². The van der Waals surface area contributed by atoms with Crippen LogP contribution in [0.25, 0.3) is 0 Å². The molecule has 0 unspecified atom stereocenters. The van der Waals surface area contributed by atoms with Gasteiger partial charge >= 0.3 is 0 Å². The fourth-order valence-corrected chi connectivity index (χ4v) is 3.99. The number of H-pyrrole nitrogens is 1. The van der Waals surface area contributed by atoms with E-state index in [4.69, 9.17) is 4.74 Å². The molecule has 1 amide bonds. The number of carbonyl (C=O) groups excluding carboxylic acids is 1. The molecule has 2 fully saturated rings. The van der Waals surface area contributed by atoms with E-state index in [-0.39, 0.29) is 11.8 Å². The van der Waals surface area contributed by atoms with Crippen LogP contribution in [0, 0.1) is 5.92 Å². The van der Waals surface area contributed by atoms with E-state index in [1.165, 1.54) is 5.69 Å². The Balaban J connectivity index is 1.31. The number of carbonyl (C=O) groups is 1. The molecule has 0 aliphatic carbocycles. The summed E-state index contributed by atoms with van der Waals surface area (Å²) < 4.78 is 7.31. The molecule has 0 bridgehead atoms. The minimum Gasteiger partial charge on any atom is -0.381 e. The molecule has 4 heterocycles. The van der Waals surface area contributed by atoms with Crippen LogP contribution < -0.4 is 5.32 Å². The van der Waals surface area contributed by atoms with Gasteiger partial charge in [-0.2, -0.15) is 10.2 Å². The molecule has 152 valence electrons. The molecule has 4 rings (SSSR count). The average molecular weight is 387 g/mol. The highest BCUT2D eigenvalue weighted by Gasteiger charge is 2.27. The summed E-state index contributed by atoms with van der Waals surface area (Å²) in [5.41, 5.74) is 2.29. The van der Waals surface area contributed by atoms with Gasteiger partial charge in [0.1, 0.15) is 5.82 Å². The number of piperidine rings is 1. The third kappa shape index (κ3) is 4.28. The van der Waals surface area contributed by atoms with E-state index in [0.717, 1.165) is 50.4 Å². The number of amides is 1. The molecule has 8 nitrogen and oxygen atoms in total. The second-order valence-electron chi connectivity index (χ2n) is 8.19. The number of anilines is 1. The Morgan fingerprint density at radius 3 is 2.86 bits per heavy atom. The van der Waals surface area contributed by atoms with E-state index in [0.29, 0.717) is 25.2 Å². The first-order chi connectivity index (χ1) is 13.6. The highest BCUT2D eigenvalue weighted by atomic mass is 16.5. The fraction of sp³-hybridized carbons (Fsp3) is 0.650. The third-order valence-corrected chi connectivity index (χ3v) is 5.76. The van der Waals surface area contributed by atoms with Crippen LogP contribution in [-0.2, 0) is 16.1 Å². The van der Waals surface area contributed by atoms with Crippen LogP contribution in [0.1, 0.15) is 56.5 Å². The first-order valence-electron chi connectivity index (χ1n) is 10.3. The summed E-state index contributed by atoms with van der Waals surface area (Å²) in [6.45, 7) is 8.41. The Morgan fingerprint density at radius 2 is 2.18 bits per heavy atom. The van der Waals surface area contributed by atoms with Crippen molar-refractivity contribution in [2.24, 2.45) is 5.92 Å². The number of ether oxygens (including phenoxy) is 1. The maximum atomic E-state index is 12.4. The Kier molecular flexibility index (Phi) is 5.77. The Labute approximate surface area is 165 Å². The monoisotopic (exact) mass is 386 g/mol. The summed E-state index contributed by atoms with van der Waals surface area (Å²) in [5, 5.41) is 15.1. The summed E-state index contributed by atoms with van der Waals surface area (Å²) in [7, 11) is 0. The van der Waals surface area contributed by atoms with Crippen molar-refractivity contribution in [3.8, 4) is 0 Å². The molecule has 0 aromatic carbocycles. The number of aromatic amines is 1. The molecule has 2 N–H and O–H groups in total. The van der Waals surface area contributed by atoms with E-state index in [2.05, 4.69) is 45.4 Å². The van der Waals surface area contributed by atoms with Crippen molar-refractivity contribution in [2.75, 3.05) is 31.6 Å². The Bertz CT molecular complexity index is 784. The van der Waals surface area contributed by atoms with E-state index in [9.17, 15) is 4.79 Å². The predicted molar refractivity (Wildman–Crippen MR) is 106 cm³/mol. The molecule has 8 heteroatoms. The molecular weight excluding hydrogens is 356 g/mol. The van der Waals surface area contributed by atoms with E-state index >= 15 is 0 Å². The number of hydrogen-bond acceptors (Lipinski definition) is 5. The average Bonchev–Trinajstić information content (AvgIpc) is 3.44. The molecule has 0 saturated carbocycles. The maximum absolute atomic E-state index is 12.4. The SMILES string of the molecule is CC(C)c1cc(CN2CCC(n3nccc3NC(=O)[C@@H]3CCOC3)CC2)[nH]n1. The van der Waals surface area contributed by atoms with Gasteiger partial charge in [0.2, 0.25) is 5.91 Å². The Hall–Kier alpha value is -2.19. The second-order valence-corrected chi connectivity index (χ2v) is 8.19. The topological polar surface area (TPSA) is 88.1 Å². The van der Waals surface area contributed by atoms with Crippen molar-refractivity contribution in [2.45, 2.75) is 51.6 Å². The van der Waals surface area contributed by atoms with E-state index < -0.39 is 0 Å². The number of hydrogen-bond donors (Lipinski definition) is 2. The van der Waals surface area contributed by atoms with Crippen molar-refractivity contribution < 1.29 is 9.53 Å². The summed E-state index contributed by atoms with van der Waals surface area (Å²) in [6, 6.07) is 4.37. The first-order valence-corrected chi connectivity index (χ1v) is 10.3. The van der Waals surface area contributed by atoms with Gasteiger partial charge in [-0.1, -0.05) is 13.8 Å². The van der Waals surface area contributed by atoms with Crippen molar-refractivity contribution in [3.63, 3.8) is 0 Å². The molecule has 0 radical (unpaired) electrons. The zero-order valence-electron chi connectivity index (χ0n) is 16.7. The van der Waals surface area contributed by atoms with Gasteiger partial charge in [-0.25, -0.2) is 4.68 Å². The van der Waals surface area contributed by atoms with E-state index in [1.807, 2.05) is 10.7 Å². The highest BCUT2D eigenvalue weighted by molar-refractivity contribution is 5.92. The third-order valence-electron chi connectivity index (χ3n) is 5.76. The number of nitrogens with zero attached hydrogens (tertiary/aromatic N) is 4. The van der Waals surface area contributed by atoms with Crippen LogP contribution in [0.4, 0.5) is 5.82 Å².